The number of esters is 1. The molecule has 0 bridgehead atoms. The molecule has 0 fully saturated rings. The molecular weight excluding hydrogens is 230 g/mol. The average Bonchev–Trinajstić information content (AvgIpc) is 2.80. The van der Waals surface area contributed by atoms with Crippen LogP contribution in [-0.4, -0.2) is 18.1 Å². The summed E-state index contributed by atoms with van der Waals surface area (Å²) in [6.07, 6.45) is 4.87. The first kappa shape index (κ1) is 12.6. The highest BCUT2D eigenvalue weighted by molar-refractivity contribution is 5.89. The van der Waals surface area contributed by atoms with Crippen LogP contribution in [0.2, 0.25) is 0 Å². The molecule has 96 valence electrons. The van der Waals surface area contributed by atoms with Gasteiger partial charge in [0.15, 0.2) is 0 Å². The normalized spacial score (nSPS) is 22.3. The number of benzene rings is 1. The van der Waals surface area contributed by atoms with Gasteiger partial charge < -0.3 is 15.0 Å². The molecular formula is C14H16NO3-. The number of carbonyl (C=O) groups is 1. The third-order valence-electron chi connectivity index (χ3n) is 3.55. The molecule has 1 aromatic carbocycles. The minimum Gasteiger partial charge on any atom is -0.758 e. The Morgan fingerprint density at radius 1 is 1.44 bits per heavy atom. The number of ether oxygens (including phenoxy) is 1. The summed E-state index contributed by atoms with van der Waals surface area (Å²) in [5, 5.41) is 12.9. The van der Waals surface area contributed by atoms with Gasteiger partial charge in [0.2, 0.25) is 0 Å². The van der Waals surface area contributed by atoms with E-state index in [0.717, 1.165) is 17.0 Å². The second kappa shape index (κ2) is 4.82. The van der Waals surface area contributed by atoms with E-state index in [4.69, 9.17) is 0 Å². The van der Waals surface area contributed by atoms with Crippen LogP contribution in [0, 0.1) is 5.21 Å². The molecule has 18 heavy (non-hydrogen) atoms. The van der Waals surface area contributed by atoms with Gasteiger partial charge in [-0.2, -0.15) is 0 Å². The van der Waals surface area contributed by atoms with Crippen LogP contribution in [0.4, 0.5) is 0 Å². The maximum Gasteiger partial charge on any atom is 0.337 e. The Labute approximate surface area is 106 Å². The quantitative estimate of drug-likeness (QED) is 0.769. The third-order valence-corrected chi connectivity index (χ3v) is 3.55. The Kier molecular flexibility index (Phi) is 3.39. The summed E-state index contributed by atoms with van der Waals surface area (Å²) in [4.78, 5) is 11.4. The van der Waals surface area contributed by atoms with Crippen molar-refractivity contribution in [3.05, 3.63) is 52.9 Å². The van der Waals surface area contributed by atoms with E-state index in [2.05, 4.69) is 4.74 Å². The van der Waals surface area contributed by atoms with Crippen molar-refractivity contribution < 1.29 is 9.53 Å². The molecule has 1 aliphatic rings. The molecule has 0 amide bonds. The van der Waals surface area contributed by atoms with Crippen LogP contribution in [0.15, 0.2) is 36.5 Å². The molecule has 0 aromatic heterocycles. The fourth-order valence-corrected chi connectivity index (χ4v) is 2.36. The summed E-state index contributed by atoms with van der Waals surface area (Å²) >= 11 is 0. The van der Waals surface area contributed by atoms with Gasteiger partial charge in [0, 0.05) is 0 Å². The molecule has 1 heterocycles. The molecule has 2 rings (SSSR count). The van der Waals surface area contributed by atoms with Gasteiger partial charge in [-0.15, -0.1) is 0 Å². The van der Waals surface area contributed by atoms with Gasteiger partial charge in [-0.1, -0.05) is 25.1 Å². The Balaban J connectivity index is 2.31. The zero-order valence-electron chi connectivity index (χ0n) is 10.6. The molecule has 0 radical (unpaired) electrons. The van der Waals surface area contributed by atoms with Gasteiger partial charge in [0.25, 0.3) is 0 Å². The van der Waals surface area contributed by atoms with Gasteiger partial charge in [-0.25, -0.2) is 4.79 Å². The van der Waals surface area contributed by atoms with E-state index in [0.29, 0.717) is 12.0 Å². The van der Waals surface area contributed by atoms with Crippen LogP contribution in [0.3, 0.4) is 0 Å². The number of rotatable bonds is 3. The van der Waals surface area contributed by atoms with E-state index < -0.39 is 5.54 Å². The first-order chi connectivity index (χ1) is 8.64. The minimum absolute atomic E-state index is 0.365. The standard InChI is InChI=1S/C14H16NO3/c1-3-14(9-4-10-15(14)17)12-7-5-11(6-8-12)13(16)18-2/h4-8,10H,3,9H2,1-2H3/q-1. The number of nitrogens with zero attached hydrogens (tertiary/aromatic N) is 1. The van der Waals surface area contributed by atoms with Crippen molar-refractivity contribution in [2.75, 3.05) is 7.11 Å². The number of carbonyl (C=O) groups excluding carboxylic acids is 1. The van der Waals surface area contributed by atoms with Crippen LogP contribution in [0.25, 0.3) is 0 Å². The van der Waals surface area contributed by atoms with Crippen molar-refractivity contribution in [3.8, 4) is 0 Å². The third kappa shape index (κ3) is 1.88. The van der Waals surface area contributed by atoms with Crippen LogP contribution in [0.5, 0.6) is 0 Å². The van der Waals surface area contributed by atoms with E-state index in [1.807, 2.05) is 25.1 Å². The van der Waals surface area contributed by atoms with Crippen LogP contribution >= 0.6 is 0 Å². The van der Waals surface area contributed by atoms with Crippen molar-refractivity contribution in [2.24, 2.45) is 0 Å². The first-order valence-corrected chi connectivity index (χ1v) is 5.96. The highest BCUT2D eigenvalue weighted by Gasteiger charge is 2.32. The molecule has 4 heteroatoms. The monoisotopic (exact) mass is 246 g/mol. The summed E-state index contributed by atoms with van der Waals surface area (Å²) in [6.45, 7) is 1.99. The fourth-order valence-electron chi connectivity index (χ4n) is 2.36. The summed E-state index contributed by atoms with van der Waals surface area (Å²) in [5.41, 5.74) is 0.905. The van der Waals surface area contributed by atoms with Gasteiger partial charge in [-0.3, -0.25) is 0 Å². The van der Waals surface area contributed by atoms with E-state index in [9.17, 15) is 10.0 Å². The SMILES string of the molecule is CCC1(c2ccc(C(=O)OC)cc2)CC=CN1[O-]. The van der Waals surface area contributed by atoms with Gasteiger partial charge in [0.1, 0.15) is 0 Å². The average molecular weight is 246 g/mol. The largest absolute Gasteiger partial charge is 0.758 e. The van der Waals surface area contributed by atoms with E-state index in [1.54, 1.807) is 18.3 Å². The number of hydrogen-bond acceptors (Lipinski definition) is 4. The predicted molar refractivity (Wildman–Crippen MR) is 68.7 cm³/mol. The molecule has 1 unspecified atom stereocenters. The second-order valence-corrected chi connectivity index (χ2v) is 4.37. The molecule has 1 aliphatic heterocycles. The smallest absolute Gasteiger partial charge is 0.337 e. The summed E-state index contributed by atoms with van der Waals surface area (Å²) in [5.74, 6) is -0.365. The molecule has 0 spiro atoms. The van der Waals surface area contributed by atoms with Crippen molar-refractivity contribution in [3.63, 3.8) is 0 Å². The van der Waals surface area contributed by atoms with Crippen LogP contribution in [-0.2, 0) is 10.3 Å². The summed E-state index contributed by atoms with van der Waals surface area (Å²) in [7, 11) is 1.35. The van der Waals surface area contributed by atoms with Crippen molar-refractivity contribution >= 4 is 5.97 Å². The van der Waals surface area contributed by atoms with Crippen molar-refractivity contribution in [2.45, 2.75) is 25.3 Å². The highest BCUT2D eigenvalue weighted by atomic mass is 16.5. The lowest BCUT2D eigenvalue weighted by atomic mass is 9.85. The molecule has 0 N–H and O–H groups in total. The van der Waals surface area contributed by atoms with Crippen LogP contribution < -0.4 is 0 Å². The summed E-state index contributed by atoms with van der Waals surface area (Å²) < 4.78 is 4.65. The lowest BCUT2D eigenvalue weighted by Gasteiger charge is -2.44. The maximum atomic E-state index is 11.9. The molecule has 4 nitrogen and oxygen atoms in total. The second-order valence-electron chi connectivity index (χ2n) is 4.37. The Morgan fingerprint density at radius 2 is 2.11 bits per heavy atom. The molecule has 0 aliphatic carbocycles. The lowest BCUT2D eigenvalue weighted by molar-refractivity contribution is 0.0600. The number of hydroxylamine groups is 2. The molecule has 0 saturated carbocycles. The zero-order chi connectivity index (χ0) is 13.2. The number of hydrogen-bond donors (Lipinski definition) is 0. The van der Waals surface area contributed by atoms with Gasteiger partial charge >= 0.3 is 5.97 Å². The van der Waals surface area contributed by atoms with Gasteiger partial charge in [-0.05, 0) is 36.7 Å². The Hall–Kier alpha value is -1.81. The highest BCUT2D eigenvalue weighted by Crippen LogP contribution is 2.39. The molecule has 1 atom stereocenters. The summed E-state index contributed by atoms with van der Waals surface area (Å²) in [6, 6.07) is 7.05. The zero-order valence-corrected chi connectivity index (χ0v) is 10.6. The Bertz CT molecular complexity index is 466. The Morgan fingerprint density at radius 3 is 2.56 bits per heavy atom. The van der Waals surface area contributed by atoms with E-state index in [1.165, 1.54) is 7.11 Å². The van der Waals surface area contributed by atoms with E-state index in [-0.39, 0.29) is 5.97 Å². The van der Waals surface area contributed by atoms with Crippen molar-refractivity contribution in [1.82, 2.24) is 5.06 Å². The van der Waals surface area contributed by atoms with Crippen molar-refractivity contribution in [1.29, 1.82) is 0 Å². The first-order valence-electron chi connectivity index (χ1n) is 5.96. The lowest BCUT2D eigenvalue weighted by Crippen LogP contribution is -2.35. The minimum atomic E-state index is -0.519. The maximum absolute atomic E-state index is 11.9. The molecule has 0 saturated heterocycles. The molecule has 1 aromatic rings. The van der Waals surface area contributed by atoms with Gasteiger partial charge in [0.05, 0.1) is 18.2 Å². The topological polar surface area (TPSA) is 52.6 Å². The van der Waals surface area contributed by atoms with E-state index >= 15 is 0 Å². The number of methoxy groups -OCH3 is 1. The predicted octanol–water partition coefficient (Wildman–Crippen LogP) is 2.80. The fraction of sp³-hybridized carbons (Fsp3) is 0.357. The van der Waals surface area contributed by atoms with Crippen LogP contribution in [0.1, 0.15) is 35.7 Å².